The summed E-state index contributed by atoms with van der Waals surface area (Å²) in [7, 11) is 0. The number of pyridine rings is 1. The number of ether oxygens (including phenoxy) is 3. The molecule has 206 valence electrons. The highest BCUT2D eigenvalue weighted by atomic mass is 19.1. The molecular formula is C28H29F2N3O6. The summed E-state index contributed by atoms with van der Waals surface area (Å²) in [5.74, 6) is -3.88. The van der Waals surface area contributed by atoms with E-state index < -0.39 is 41.1 Å². The highest BCUT2D eigenvalue weighted by molar-refractivity contribution is 6.06. The molecule has 11 heteroatoms. The molecule has 2 aromatic carbocycles. The average molecular weight is 542 g/mol. The Labute approximate surface area is 224 Å². The molecule has 2 heterocycles. The van der Waals surface area contributed by atoms with Crippen LogP contribution in [0.25, 0.3) is 0 Å². The van der Waals surface area contributed by atoms with Crippen molar-refractivity contribution in [2.45, 2.75) is 46.1 Å². The zero-order chi connectivity index (χ0) is 28.3. The van der Waals surface area contributed by atoms with Crippen LogP contribution in [0.2, 0.25) is 0 Å². The van der Waals surface area contributed by atoms with Crippen LogP contribution in [-0.4, -0.2) is 47.0 Å². The Balaban J connectivity index is 1.61. The van der Waals surface area contributed by atoms with Crippen molar-refractivity contribution >= 4 is 29.1 Å². The van der Waals surface area contributed by atoms with Crippen LogP contribution in [0.3, 0.4) is 0 Å². The largest absolute Gasteiger partial charge is 0.470 e. The van der Waals surface area contributed by atoms with Gasteiger partial charge in [-0.25, -0.2) is 18.6 Å². The number of aliphatic hydroxyl groups excluding tert-OH is 1. The number of aryl methyl sites for hydroxylation is 1. The van der Waals surface area contributed by atoms with E-state index >= 15 is 0 Å². The van der Waals surface area contributed by atoms with Gasteiger partial charge in [0.05, 0.1) is 25.5 Å². The van der Waals surface area contributed by atoms with Crippen molar-refractivity contribution in [2.24, 2.45) is 0 Å². The first-order valence-corrected chi connectivity index (χ1v) is 12.3. The third-order valence-corrected chi connectivity index (χ3v) is 6.04. The molecular weight excluding hydrogens is 512 g/mol. The van der Waals surface area contributed by atoms with Crippen molar-refractivity contribution in [1.82, 2.24) is 4.98 Å². The van der Waals surface area contributed by atoms with Gasteiger partial charge >= 0.3 is 5.97 Å². The second-order valence-corrected chi connectivity index (χ2v) is 9.37. The van der Waals surface area contributed by atoms with Crippen LogP contribution in [0, 0.1) is 18.6 Å². The summed E-state index contributed by atoms with van der Waals surface area (Å²) in [5.41, 5.74) is 0.481. The van der Waals surface area contributed by atoms with Crippen LogP contribution in [0.5, 0.6) is 5.75 Å². The lowest BCUT2D eigenvalue weighted by molar-refractivity contribution is -0.159. The van der Waals surface area contributed by atoms with E-state index in [-0.39, 0.29) is 31.1 Å². The minimum atomic E-state index is -1.64. The van der Waals surface area contributed by atoms with E-state index in [2.05, 4.69) is 10.3 Å². The van der Waals surface area contributed by atoms with Crippen LogP contribution >= 0.6 is 0 Å². The van der Waals surface area contributed by atoms with Gasteiger partial charge in [-0.05, 0) is 51.5 Å². The molecule has 1 aromatic heterocycles. The Morgan fingerprint density at radius 2 is 1.92 bits per heavy atom. The summed E-state index contributed by atoms with van der Waals surface area (Å²) < 4.78 is 45.7. The fraction of sp³-hybridized carbons (Fsp3) is 0.321. The number of fused-ring (bicyclic) bond motifs is 1. The minimum Gasteiger partial charge on any atom is -0.470 e. The van der Waals surface area contributed by atoms with E-state index in [0.29, 0.717) is 17.1 Å². The van der Waals surface area contributed by atoms with Gasteiger partial charge in [-0.1, -0.05) is 12.1 Å². The number of aromatic nitrogens is 1. The average Bonchev–Trinajstić information content (AvgIpc) is 2.90. The first kappa shape index (κ1) is 27.9. The Kier molecular flexibility index (Phi) is 8.12. The molecule has 9 nitrogen and oxygen atoms in total. The zero-order valence-corrected chi connectivity index (χ0v) is 22.0. The summed E-state index contributed by atoms with van der Waals surface area (Å²) in [5, 5.41) is 12.4. The Hall–Kier alpha value is -4.09. The van der Waals surface area contributed by atoms with Gasteiger partial charge in [-0.3, -0.25) is 9.69 Å². The van der Waals surface area contributed by atoms with Gasteiger partial charge in [-0.15, -0.1) is 0 Å². The molecule has 1 aliphatic heterocycles. The molecule has 0 saturated heterocycles. The highest BCUT2D eigenvalue weighted by Crippen LogP contribution is 2.37. The Bertz CT molecular complexity index is 1360. The topological polar surface area (TPSA) is 110 Å². The molecule has 0 radical (unpaired) electrons. The van der Waals surface area contributed by atoms with Crippen molar-refractivity contribution in [3.8, 4) is 5.75 Å². The molecule has 0 fully saturated rings. The summed E-state index contributed by atoms with van der Waals surface area (Å²) >= 11 is 0. The van der Waals surface area contributed by atoms with Gasteiger partial charge in [0.25, 0.3) is 5.91 Å². The molecule has 0 unspecified atom stereocenters. The lowest BCUT2D eigenvalue weighted by Crippen LogP contribution is -2.41. The number of nitrogens with one attached hydrogen (secondary N) is 1. The van der Waals surface area contributed by atoms with Crippen molar-refractivity contribution in [2.75, 3.05) is 23.4 Å². The standard InChI is InChI=1S/C28H29F2N3O6/c1-5-37-27(36)28(3,4)39-25-20(29)11-17(12-21(25)30)32-26(35)18-7-6-8-22-19(18)15-38-24(14-34)33(22)23-10-9-16(2)13-31-23/h6-13,24,34H,5,14-15H2,1-4H3,(H,32,35)/t24-/m0/s1. The smallest absolute Gasteiger partial charge is 0.349 e. The second kappa shape index (κ2) is 11.3. The number of carbonyl (C=O) groups excluding carboxylic acids is 2. The predicted octanol–water partition coefficient (Wildman–Crippen LogP) is 4.63. The van der Waals surface area contributed by atoms with E-state index in [4.69, 9.17) is 14.2 Å². The molecule has 3 aromatic rings. The van der Waals surface area contributed by atoms with E-state index in [1.807, 2.05) is 13.0 Å². The lowest BCUT2D eigenvalue weighted by atomic mass is 10.0. The number of rotatable bonds is 8. The molecule has 0 spiro atoms. The van der Waals surface area contributed by atoms with Gasteiger partial charge < -0.3 is 24.6 Å². The van der Waals surface area contributed by atoms with Gasteiger partial charge in [-0.2, -0.15) is 0 Å². The number of aliphatic hydroxyl groups is 1. The number of nitrogens with zero attached hydrogens (tertiary/aromatic N) is 2. The monoisotopic (exact) mass is 541 g/mol. The SMILES string of the molecule is CCOC(=O)C(C)(C)Oc1c(F)cc(NC(=O)c2cccc3c2CO[C@@H](CO)N3c2ccc(C)cn2)cc1F. The molecule has 4 rings (SSSR count). The molecule has 1 aliphatic rings. The maximum atomic E-state index is 14.8. The van der Waals surface area contributed by atoms with Crippen LogP contribution in [0.4, 0.5) is 26.0 Å². The summed E-state index contributed by atoms with van der Waals surface area (Å²) in [6.45, 7) is 5.94. The molecule has 2 N–H and O–H groups in total. The number of anilines is 3. The van der Waals surface area contributed by atoms with E-state index in [0.717, 1.165) is 17.7 Å². The van der Waals surface area contributed by atoms with Gasteiger partial charge in [0.15, 0.2) is 29.2 Å². The number of halogens is 2. The number of amides is 1. The van der Waals surface area contributed by atoms with Crippen molar-refractivity contribution in [3.63, 3.8) is 0 Å². The number of hydrogen-bond acceptors (Lipinski definition) is 8. The zero-order valence-electron chi connectivity index (χ0n) is 22.0. The predicted molar refractivity (Wildman–Crippen MR) is 139 cm³/mol. The highest BCUT2D eigenvalue weighted by Gasteiger charge is 2.34. The molecule has 0 aliphatic carbocycles. The minimum absolute atomic E-state index is 0.0188. The Morgan fingerprint density at radius 1 is 1.21 bits per heavy atom. The number of carbonyl (C=O) groups is 2. The first-order chi connectivity index (χ1) is 18.6. The summed E-state index contributed by atoms with van der Waals surface area (Å²) in [6.07, 6.45) is 0.958. The van der Waals surface area contributed by atoms with E-state index in [1.54, 1.807) is 42.3 Å². The lowest BCUT2D eigenvalue weighted by Gasteiger charge is -2.37. The second-order valence-electron chi connectivity index (χ2n) is 9.37. The first-order valence-electron chi connectivity index (χ1n) is 12.3. The van der Waals surface area contributed by atoms with Crippen molar-refractivity contribution in [1.29, 1.82) is 0 Å². The number of hydrogen-bond donors (Lipinski definition) is 2. The number of esters is 1. The van der Waals surface area contributed by atoms with E-state index in [9.17, 15) is 23.5 Å². The van der Waals surface area contributed by atoms with E-state index in [1.165, 1.54) is 13.8 Å². The van der Waals surface area contributed by atoms with Crippen LogP contribution in [0.15, 0.2) is 48.7 Å². The van der Waals surface area contributed by atoms with Crippen LogP contribution in [0.1, 0.15) is 42.3 Å². The van der Waals surface area contributed by atoms with Crippen LogP contribution in [-0.2, 0) is 20.9 Å². The summed E-state index contributed by atoms with van der Waals surface area (Å²) in [4.78, 5) is 31.4. The molecule has 39 heavy (non-hydrogen) atoms. The fourth-order valence-electron chi connectivity index (χ4n) is 4.11. The van der Waals surface area contributed by atoms with Crippen molar-refractivity contribution < 1.29 is 37.7 Å². The third-order valence-electron chi connectivity index (χ3n) is 6.04. The van der Waals surface area contributed by atoms with Gasteiger partial charge in [0, 0.05) is 35.1 Å². The quantitative estimate of drug-likeness (QED) is 0.398. The fourth-order valence-corrected chi connectivity index (χ4v) is 4.11. The Morgan fingerprint density at radius 3 is 2.54 bits per heavy atom. The molecule has 0 saturated carbocycles. The number of benzene rings is 2. The van der Waals surface area contributed by atoms with Crippen LogP contribution < -0.4 is 15.0 Å². The summed E-state index contributed by atoms with van der Waals surface area (Å²) in [6, 6.07) is 10.4. The van der Waals surface area contributed by atoms with Gasteiger partial charge in [0.1, 0.15) is 5.82 Å². The van der Waals surface area contributed by atoms with Gasteiger partial charge in [0.2, 0.25) is 0 Å². The molecule has 0 bridgehead atoms. The molecule has 1 amide bonds. The maximum absolute atomic E-state index is 14.8. The molecule has 1 atom stereocenters. The van der Waals surface area contributed by atoms with Crippen molar-refractivity contribution in [3.05, 3.63) is 77.0 Å². The normalized spacial score (nSPS) is 14.9. The third kappa shape index (κ3) is 5.84. The maximum Gasteiger partial charge on any atom is 0.349 e.